The second-order valence-corrected chi connectivity index (χ2v) is 5.56. The maximum atomic E-state index is 12.6. The van der Waals surface area contributed by atoms with Crippen LogP contribution in [0.3, 0.4) is 0 Å². The Hall–Kier alpha value is -2.53. The van der Waals surface area contributed by atoms with Crippen LogP contribution < -0.4 is 4.90 Å². The van der Waals surface area contributed by atoms with E-state index < -0.39 is 5.41 Å². The predicted octanol–water partition coefficient (Wildman–Crippen LogP) is 3.36. The Morgan fingerprint density at radius 2 is 1.71 bits per heavy atom. The fraction of sp³-hybridized carbons (Fsp3) is 0.211. The monoisotopic (exact) mass is 275 g/mol. The summed E-state index contributed by atoms with van der Waals surface area (Å²) < 4.78 is 0. The summed E-state index contributed by atoms with van der Waals surface area (Å²) in [4.78, 5) is 14.3. The number of rotatable bonds is 1. The zero-order chi connectivity index (χ0) is 14.9. The molecule has 0 spiro atoms. The summed E-state index contributed by atoms with van der Waals surface area (Å²) >= 11 is 0. The van der Waals surface area contributed by atoms with Gasteiger partial charge >= 0.3 is 0 Å². The molecule has 1 atom stereocenters. The number of fused-ring (bicyclic) bond motifs is 1. The number of para-hydroxylation sites is 1. The van der Waals surface area contributed by atoms with Gasteiger partial charge in [-0.05, 0) is 30.7 Å². The quantitative estimate of drug-likeness (QED) is 0.731. The SMILES string of the molecule is CN1C(=O)C(C)(CC#Cc2ccccc2)c2ccccc21. The first-order valence-corrected chi connectivity index (χ1v) is 7.04. The standard InChI is InChI=1S/C19H17NO/c1-19(14-8-11-15-9-4-3-5-10-15)16-12-6-7-13-17(16)20(2)18(19)21/h3-7,9-10,12-13H,14H2,1-2H3. The van der Waals surface area contributed by atoms with Crippen molar-refractivity contribution in [1.29, 1.82) is 0 Å². The molecule has 0 N–H and O–H groups in total. The Kier molecular flexibility index (Phi) is 3.27. The molecular weight excluding hydrogens is 258 g/mol. The van der Waals surface area contributed by atoms with Crippen LogP contribution in [-0.4, -0.2) is 13.0 Å². The van der Waals surface area contributed by atoms with E-state index >= 15 is 0 Å². The summed E-state index contributed by atoms with van der Waals surface area (Å²) in [5.74, 6) is 6.44. The summed E-state index contributed by atoms with van der Waals surface area (Å²) in [5.41, 5.74) is 2.49. The van der Waals surface area contributed by atoms with Crippen molar-refractivity contribution < 1.29 is 4.79 Å². The maximum Gasteiger partial charge on any atom is 0.238 e. The average Bonchev–Trinajstić information content (AvgIpc) is 2.71. The first-order chi connectivity index (χ1) is 10.1. The number of amides is 1. The summed E-state index contributed by atoms with van der Waals surface area (Å²) in [6.45, 7) is 1.98. The van der Waals surface area contributed by atoms with Gasteiger partial charge < -0.3 is 4.90 Å². The number of anilines is 1. The largest absolute Gasteiger partial charge is 0.314 e. The third kappa shape index (κ3) is 2.21. The third-order valence-electron chi connectivity index (χ3n) is 4.08. The van der Waals surface area contributed by atoms with Crippen LogP contribution in [0.2, 0.25) is 0 Å². The molecule has 0 aliphatic carbocycles. The van der Waals surface area contributed by atoms with Gasteiger partial charge in [0.2, 0.25) is 5.91 Å². The van der Waals surface area contributed by atoms with Gasteiger partial charge in [0.15, 0.2) is 0 Å². The molecule has 1 aliphatic rings. The molecule has 0 bridgehead atoms. The summed E-state index contributed by atoms with van der Waals surface area (Å²) in [6, 6.07) is 17.8. The molecular formula is C19H17NO. The first kappa shape index (κ1) is 13.5. The van der Waals surface area contributed by atoms with Crippen molar-refractivity contribution in [3.63, 3.8) is 0 Å². The van der Waals surface area contributed by atoms with E-state index in [0.29, 0.717) is 6.42 Å². The Labute approximate surface area is 125 Å². The van der Waals surface area contributed by atoms with E-state index in [1.54, 1.807) is 4.90 Å². The molecule has 1 unspecified atom stereocenters. The Morgan fingerprint density at radius 1 is 1.05 bits per heavy atom. The number of nitrogens with zero attached hydrogens (tertiary/aromatic N) is 1. The van der Waals surface area contributed by atoms with Gasteiger partial charge in [0, 0.05) is 24.7 Å². The predicted molar refractivity (Wildman–Crippen MR) is 85.1 cm³/mol. The normalized spacial score (nSPS) is 19.9. The second kappa shape index (κ2) is 5.10. The van der Waals surface area contributed by atoms with Crippen LogP contribution in [-0.2, 0) is 10.2 Å². The van der Waals surface area contributed by atoms with Gasteiger partial charge in [-0.3, -0.25) is 4.79 Å². The van der Waals surface area contributed by atoms with E-state index in [1.165, 1.54) is 0 Å². The van der Waals surface area contributed by atoms with E-state index in [9.17, 15) is 4.79 Å². The van der Waals surface area contributed by atoms with Crippen LogP contribution in [0.5, 0.6) is 0 Å². The summed E-state index contributed by atoms with van der Waals surface area (Å²) in [6.07, 6.45) is 0.530. The molecule has 0 saturated carbocycles. The molecule has 0 radical (unpaired) electrons. The number of carbonyl (C=O) groups is 1. The highest BCUT2D eigenvalue weighted by Crippen LogP contribution is 2.42. The van der Waals surface area contributed by atoms with E-state index in [4.69, 9.17) is 0 Å². The highest BCUT2D eigenvalue weighted by atomic mass is 16.2. The zero-order valence-corrected chi connectivity index (χ0v) is 12.3. The average molecular weight is 275 g/mol. The number of likely N-dealkylation sites (N-methyl/N-ethyl adjacent to an activating group) is 1. The third-order valence-corrected chi connectivity index (χ3v) is 4.08. The summed E-state index contributed by atoms with van der Waals surface area (Å²) in [5, 5.41) is 0. The molecule has 1 aliphatic heterocycles. The maximum absolute atomic E-state index is 12.6. The van der Waals surface area contributed by atoms with Gasteiger partial charge in [-0.15, -0.1) is 0 Å². The number of benzene rings is 2. The summed E-state index contributed by atoms with van der Waals surface area (Å²) in [7, 11) is 1.83. The van der Waals surface area contributed by atoms with Crippen LogP contribution in [0.4, 0.5) is 5.69 Å². The lowest BCUT2D eigenvalue weighted by molar-refractivity contribution is -0.122. The van der Waals surface area contributed by atoms with Crippen LogP contribution in [0.1, 0.15) is 24.5 Å². The van der Waals surface area contributed by atoms with Gasteiger partial charge in [0.1, 0.15) is 0 Å². The van der Waals surface area contributed by atoms with Crippen molar-refractivity contribution >= 4 is 11.6 Å². The van der Waals surface area contributed by atoms with Crippen LogP contribution >= 0.6 is 0 Å². The van der Waals surface area contributed by atoms with Crippen LogP contribution in [0.15, 0.2) is 54.6 Å². The molecule has 2 nitrogen and oxygen atoms in total. The first-order valence-electron chi connectivity index (χ1n) is 7.04. The fourth-order valence-electron chi connectivity index (χ4n) is 2.84. The van der Waals surface area contributed by atoms with Gasteiger partial charge in [-0.25, -0.2) is 0 Å². The number of carbonyl (C=O) groups excluding carboxylic acids is 1. The minimum Gasteiger partial charge on any atom is -0.314 e. The molecule has 2 aromatic rings. The van der Waals surface area contributed by atoms with Gasteiger partial charge in [0.25, 0.3) is 0 Å². The van der Waals surface area contributed by atoms with Crippen molar-refractivity contribution in [2.24, 2.45) is 0 Å². The van der Waals surface area contributed by atoms with E-state index in [2.05, 4.69) is 11.8 Å². The molecule has 2 aromatic carbocycles. The minimum absolute atomic E-state index is 0.117. The highest BCUT2D eigenvalue weighted by Gasteiger charge is 2.45. The lowest BCUT2D eigenvalue weighted by atomic mass is 9.81. The molecule has 0 saturated heterocycles. The molecule has 21 heavy (non-hydrogen) atoms. The van der Waals surface area contributed by atoms with Crippen molar-refractivity contribution in [2.75, 3.05) is 11.9 Å². The van der Waals surface area contributed by atoms with Crippen LogP contribution in [0, 0.1) is 11.8 Å². The van der Waals surface area contributed by atoms with Gasteiger partial charge in [0.05, 0.1) is 5.41 Å². The van der Waals surface area contributed by atoms with Crippen molar-refractivity contribution in [3.05, 3.63) is 65.7 Å². The number of hydrogen-bond donors (Lipinski definition) is 0. The highest BCUT2D eigenvalue weighted by molar-refractivity contribution is 6.07. The van der Waals surface area contributed by atoms with Crippen molar-refractivity contribution in [1.82, 2.24) is 0 Å². The fourth-order valence-corrected chi connectivity index (χ4v) is 2.84. The molecule has 0 aromatic heterocycles. The topological polar surface area (TPSA) is 20.3 Å². The molecule has 2 heteroatoms. The molecule has 3 rings (SSSR count). The van der Waals surface area contributed by atoms with E-state index in [0.717, 1.165) is 16.8 Å². The lowest BCUT2D eigenvalue weighted by Crippen LogP contribution is -2.35. The van der Waals surface area contributed by atoms with Crippen molar-refractivity contribution in [3.8, 4) is 11.8 Å². The number of hydrogen-bond acceptors (Lipinski definition) is 1. The van der Waals surface area contributed by atoms with Crippen LogP contribution in [0.25, 0.3) is 0 Å². The van der Waals surface area contributed by atoms with Gasteiger partial charge in [-0.2, -0.15) is 0 Å². The van der Waals surface area contributed by atoms with Gasteiger partial charge in [-0.1, -0.05) is 48.2 Å². The Bertz CT molecular complexity index is 739. The molecule has 104 valence electrons. The zero-order valence-electron chi connectivity index (χ0n) is 12.3. The lowest BCUT2D eigenvalue weighted by Gasteiger charge is -2.20. The Balaban J connectivity index is 1.92. The van der Waals surface area contributed by atoms with Crippen molar-refractivity contribution in [2.45, 2.75) is 18.8 Å². The van der Waals surface area contributed by atoms with E-state index in [1.807, 2.05) is 68.6 Å². The Morgan fingerprint density at radius 3 is 2.48 bits per heavy atom. The second-order valence-electron chi connectivity index (χ2n) is 5.56. The molecule has 1 amide bonds. The molecule has 0 fully saturated rings. The molecule has 1 heterocycles. The minimum atomic E-state index is -0.548. The van der Waals surface area contributed by atoms with E-state index in [-0.39, 0.29) is 5.91 Å². The smallest absolute Gasteiger partial charge is 0.238 e.